The summed E-state index contributed by atoms with van der Waals surface area (Å²) in [6, 6.07) is 7.45. The van der Waals surface area contributed by atoms with Gasteiger partial charge in [0, 0.05) is 0 Å². The van der Waals surface area contributed by atoms with Crippen LogP contribution < -0.4 is 10.5 Å². The van der Waals surface area contributed by atoms with Crippen molar-refractivity contribution in [2.24, 2.45) is 5.73 Å². The summed E-state index contributed by atoms with van der Waals surface area (Å²) in [5.41, 5.74) is 6.17. The number of amidine groups is 1. The summed E-state index contributed by atoms with van der Waals surface area (Å²) >= 11 is 0. The van der Waals surface area contributed by atoms with Crippen molar-refractivity contribution in [3.63, 3.8) is 0 Å². The summed E-state index contributed by atoms with van der Waals surface area (Å²) in [5.74, 6) is 0.780. The molecule has 0 bridgehead atoms. The van der Waals surface area contributed by atoms with Gasteiger partial charge < -0.3 is 10.5 Å². The zero-order valence-electron chi connectivity index (χ0n) is 10.5. The molecule has 0 spiro atoms. The van der Waals surface area contributed by atoms with E-state index in [-0.39, 0.29) is 5.84 Å². The van der Waals surface area contributed by atoms with Crippen LogP contribution in [0.3, 0.4) is 0 Å². The van der Waals surface area contributed by atoms with Crippen LogP contribution in [0, 0.1) is 5.41 Å². The molecule has 1 aromatic carbocycles. The Hall–Kier alpha value is -1.51. The maximum Gasteiger partial charge on any atom is 0.130 e. The number of benzene rings is 1. The van der Waals surface area contributed by atoms with Gasteiger partial charge in [-0.3, -0.25) is 5.41 Å². The van der Waals surface area contributed by atoms with Crippen LogP contribution in [0.2, 0.25) is 0 Å². The molecule has 0 amide bonds. The highest BCUT2D eigenvalue weighted by molar-refractivity contribution is 5.97. The molecule has 0 aliphatic carbocycles. The van der Waals surface area contributed by atoms with Gasteiger partial charge in [-0.1, -0.05) is 44.7 Å². The molecule has 0 radical (unpaired) electrons. The van der Waals surface area contributed by atoms with Gasteiger partial charge in [-0.05, 0) is 18.6 Å². The molecule has 1 rings (SSSR count). The third-order valence-electron chi connectivity index (χ3n) is 2.68. The van der Waals surface area contributed by atoms with Crippen molar-refractivity contribution < 1.29 is 4.74 Å². The molecule has 1 aromatic rings. The third kappa shape index (κ3) is 4.89. The molecule has 0 fully saturated rings. The minimum Gasteiger partial charge on any atom is -0.493 e. The monoisotopic (exact) mass is 234 g/mol. The van der Waals surface area contributed by atoms with Gasteiger partial charge in [-0.25, -0.2) is 0 Å². The van der Waals surface area contributed by atoms with Gasteiger partial charge in [0.05, 0.1) is 12.2 Å². The number of nitrogens with one attached hydrogen (secondary N) is 1. The number of unbranched alkanes of at least 4 members (excludes halogenated alkanes) is 4. The second-order valence-electron chi connectivity index (χ2n) is 4.17. The van der Waals surface area contributed by atoms with Crippen molar-refractivity contribution in [3.05, 3.63) is 29.8 Å². The number of rotatable bonds is 8. The number of hydrogen-bond donors (Lipinski definition) is 2. The highest BCUT2D eigenvalue weighted by Gasteiger charge is 2.04. The molecule has 0 aromatic heterocycles. The van der Waals surface area contributed by atoms with Gasteiger partial charge in [0.1, 0.15) is 11.6 Å². The van der Waals surface area contributed by atoms with Crippen LogP contribution in [0.1, 0.15) is 44.6 Å². The molecule has 0 atom stereocenters. The van der Waals surface area contributed by atoms with Crippen molar-refractivity contribution in [1.29, 1.82) is 5.41 Å². The molecule has 94 valence electrons. The van der Waals surface area contributed by atoms with E-state index >= 15 is 0 Å². The second-order valence-corrected chi connectivity index (χ2v) is 4.17. The number of nitrogen functional groups attached to an aromatic ring is 1. The molecule has 0 aliphatic rings. The van der Waals surface area contributed by atoms with E-state index in [1.54, 1.807) is 0 Å². The van der Waals surface area contributed by atoms with E-state index in [4.69, 9.17) is 15.9 Å². The summed E-state index contributed by atoms with van der Waals surface area (Å²) < 4.78 is 5.66. The molecular formula is C14H22N2O. The first-order valence-corrected chi connectivity index (χ1v) is 6.32. The van der Waals surface area contributed by atoms with Gasteiger partial charge >= 0.3 is 0 Å². The first kappa shape index (κ1) is 13.6. The Labute approximate surface area is 103 Å². The quantitative estimate of drug-likeness (QED) is 0.412. The van der Waals surface area contributed by atoms with Crippen LogP contribution in [-0.2, 0) is 0 Å². The summed E-state index contributed by atoms with van der Waals surface area (Å²) in [6.07, 6.45) is 6.09. The predicted molar refractivity (Wildman–Crippen MR) is 71.7 cm³/mol. The Bertz CT molecular complexity index is 350. The number of hydrogen-bond acceptors (Lipinski definition) is 2. The molecule has 0 heterocycles. The highest BCUT2D eigenvalue weighted by Crippen LogP contribution is 2.17. The van der Waals surface area contributed by atoms with Gasteiger partial charge in [0.25, 0.3) is 0 Å². The SMILES string of the molecule is CCCCCCCOc1ccccc1C(=N)N. The predicted octanol–water partition coefficient (Wildman–Crippen LogP) is 3.32. The van der Waals surface area contributed by atoms with Crippen LogP contribution in [0.5, 0.6) is 5.75 Å². The van der Waals surface area contributed by atoms with E-state index in [9.17, 15) is 0 Å². The number of nitrogens with two attached hydrogens (primary N) is 1. The van der Waals surface area contributed by atoms with Crippen LogP contribution in [-0.4, -0.2) is 12.4 Å². The molecule has 0 saturated carbocycles. The summed E-state index contributed by atoms with van der Waals surface area (Å²) in [7, 11) is 0. The lowest BCUT2D eigenvalue weighted by Crippen LogP contribution is -2.13. The van der Waals surface area contributed by atoms with Crippen LogP contribution >= 0.6 is 0 Å². The fraction of sp³-hybridized carbons (Fsp3) is 0.500. The van der Waals surface area contributed by atoms with Gasteiger partial charge in [-0.2, -0.15) is 0 Å². The van der Waals surface area contributed by atoms with Gasteiger partial charge in [0.15, 0.2) is 0 Å². The lowest BCUT2D eigenvalue weighted by molar-refractivity contribution is 0.304. The summed E-state index contributed by atoms with van der Waals surface area (Å²) in [5, 5.41) is 7.45. The fourth-order valence-electron chi connectivity index (χ4n) is 1.70. The van der Waals surface area contributed by atoms with Gasteiger partial charge in [-0.15, -0.1) is 0 Å². The normalized spacial score (nSPS) is 10.2. The van der Waals surface area contributed by atoms with Crippen molar-refractivity contribution >= 4 is 5.84 Å². The Morgan fingerprint density at radius 1 is 1.18 bits per heavy atom. The minimum atomic E-state index is 0.0617. The molecule has 0 aliphatic heterocycles. The largest absolute Gasteiger partial charge is 0.493 e. The minimum absolute atomic E-state index is 0.0617. The van der Waals surface area contributed by atoms with Crippen molar-refractivity contribution in [2.75, 3.05) is 6.61 Å². The van der Waals surface area contributed by atoms with Crippen molar-refractivity contribution in [1.82, 2.24) is 0 Å². The Morgan fingerprint density at radius 3 is 2.59 bits per heavy atom. The van der Waals surface area contributed by atoms with E-state index in [1.165, 1.54) is 25.7 Å². The molecule has 0 unspecified atom stereocenters. The standard InChI is InChI=1S/C14H22N2O/c1-2-3-4-5-8-11-17-13-10-7-6-9-12(13)14(15)16/h6-7,9-10H,2-5,8,11H2,1H3,(H3,15,16). The molecule has 0 saturated heterocycles. The maximum absolute atomic E-state index is 7.45. The molecular weight excluding hydrogens is 212 g/mol. The van der Waals surface area contributed by atoms with E-state index in [2.05, 4.69) is 6.92 Å². The highest BCUT2D eigenvalue weighted by atomic mass is 16.5. The summed E-state index contributed by atoms with van der Waals surface area (Å²) in [4.78, 5) is 0. The van der Waals surface area contributed by atoms with E-state index in [1.807, 2.05) is 24.3 Å². The Morgan fingerprint density at radius 2 is 1.88 bits per heavy atom. The van der Waals surface area contributed by atoms with Crippen molar-refractivity contribution in [3.8, 4) is 5.75 Å². The summed E-state index contributed by atoms with van der Waals surface area (Å²) in [6.45, 7) is 2.91. The van der Waals surface area contributed by atoms with Gasteiger partial charge in [0.2, 0.25) is 0 Å². The molecule has 3 N–H and O–H groups in total. The lowest BCUT2D eigenvalue weighted by atomic mass is 10.1. The average Bonchev–Trinajstić information content (AvgIpc) is 2.34. The number of ether oxygens (including phenoxy) is 1. The smallest absolute Gasteiger partial charge is 0.130 e. The maximum atomic E-state index is 7.45. The van der Waals surface area contributed by atoms with Crippen LogP contribution in [0.4, 0.5) is 0 Å². The molecule has 3 nitrogen and oxygen atoms in total. The second kappa shape index (κ2) is 7.71. The topological polar surface area (TPSA) is 59.1 Å². The first-order chi connectivity index (χ1) is 8.25. The Kier molecular flexibility index (Phi) is 6.15. The lowest BCUT2D eigenvalue weighted by Gasteiger charge is -2.10. The van der Waals surface area contributed by atoms with Crippen molar-refractivity contribution in [2.45, 2.75) is 39.0 Å². The van der Waals surface area contributed by atoms with E-state index in [0.717, 1.165) is 12.2 Å². The van der Waals surface area contributed by atoms with E-state index < -0.39 is 0 Å². The Balaban J connectivity index is 2.34. The zero-order chi connectivity index (χ0) is 12.5. The van der Waals surface area contributed by atoms with E-state index in [0.29, 0.717) is 12.2 Å². The number of para-hydroxylation sites is 1. The van der Waals surface area contributed by atoms with Crippen LogP contribution in [0.25, 0.3) is 0 Å². The fourth-order valence-corrected chi connectivity index (χ4v) is 1.70. The van der Waals surface area contributed by atoms with Crippen LogP contribution in [0.15, 0.2) is 24.3 Å². The zero-order valence-corrected chi connectivity index (χ0v) is 10.5. The third-order valence-corrected chi connectivity index (χ3v) is 2.68. The molecule has 3 heteroatoms. The average molecular weight is 234 g/mol. The first-order valence-electron chi connectivity index (χ1n) is 6.32. The molecule has 17 heavy (non-hydrogen) atoms.